The lowest BCUT2D eigenvalue weighted by Crippen LogP contribution is -2.45. The number of hydrogen-bond donors (Lipinski definition) is 1. The second kappa shape index (κ2) is 6.36. The van der Waals surface area contributed by atoms with Crippen LogP contribution in [0.25, 0.3) is 0 Å². The lowest BCUT2D eigenvalue weighted by atomic mass is 9.96. The molecule has 4 nitrogen and oxygen atoms in total. The van der Waals surface area contributed by atoms with Crippen LogP contribution in [0.5, 0.6) is 0 Å². The monoisotopic (exact) mass is 240 g/mol. The van der Waals surface area contributed by atoms with Gasteiger partial charge >= 0.3 is 0 Å². The fourth-order valence-electron chi connectivity index (χ4n) is 2.68. The van der Waals surface area contributed by atoms with Crippen molar-refractivity contribution in [3.8, 4) is 0 Å². The second-order valence-corrected chi connectivity index (χ2v) is 5.08. The maximum atomic E-state index is 12.1. The molecule has 98 valence electrons. The fraction of sp³-hybridized carbons (Fsp3) is 0.923. The highest BCUT2D eigenvalue weighted by Gasteiger charge is 2.30. The third-order valence-corrected chi connectivity index (χ3v) is 3.81. The van der Waals surface area contributed by atoms with Crippen molar-refractivity contribution >= 4 is 5.91 Å². The molecule has 0 aromatic rings. The van der Waals surface area contributed by atoms with Gasteiger partial charge in [0, 0.05) is 19.7 Å². The molecule has 1 amide bonds. The summed E-state index contributed by atoms with van der Waals surface area (Å²) in [7, 11) is 0. The van der Waals surface area contributed by atoms with Crippen molar-refractivity contribution in [2.24, 2.45) is 5.92 Å². The van der Waals surface area contributed by atoms with Gasteiger partial charge in [-0.05, 0) is 44.7 Å². The van der Waals surface area contributed by atoms with Gasteiger partial charge in [0.05, 0.1) is 0 Å². The largest absolute Gasteiger partial charge is 0.368 e. The Kier molecular flexibility index (Phi) is 4.80. The predicted molar refractivity (Wildman–Crippen MR) is 66.8 cm³/mol. The minimum absolute atomic E-state index is 0.139. The maximum Gasteiger partial charge on any atom is 0.251 e. The van der Waals surface area contributed by atoms with Gasteiger partial charge in [-0.2, -0.15) is 0 Å². The third-order valence-electron chi connectivity index (χ3n) is 3.81. The highest BCUT2D eigenvalue weighted by molar-refractivity contribution is 5.81. The average Bonchev–Trinajstić information content (AvgIpc) is 2.90. The van der Waals surface area contributed by atoms with Crippen molar-refractivity contribution in [2.75, 3.05) is 32.8 Å². The van der Waals surface area contributed by atoms with Gasteiger partial charge in [0.1, 0.15) is 6.10 Å². The fourth-order valence-corrected chi connectivity index (χ4v) is 2.68. The van der Waals surface area contributed by atoms with Crippen molar-refractivity contribution in [1.82, 2.24) is 10.2 Å². The molecule has 2 rings (SSSR count). The second-order valence-electron chi connectivity index (χ2n) is 5.08. The van der Waals surface area contributed by atoms with Crippen molar-refractivity contribution in [2.45, 2.75) is 38.7 Å². The number of ether oxygens (including phenoxy) is 1. The molecular weight excluding hydrogens is 216 g/mol. The molecule has 1 atom stereocenters. The predicted octanol–water partition coefficient (Wildman–Crippen LogP) is 1.01. The van der Waals surface area contributed by atoms with Crippen molar-refractivity contribution in [3.05, 3.63) is 0 Å². The Balaban J connectivity index is 1.72. The lowest BCUT2D eigenvalue weighted by Gasteiger charge is -2.33. The Morgan fingerprint density at radius 1 is 1.35 bits per heavy atom. The van der Waals surface area contributed by atoms with E-state index in [9.17, 15) is 4.79 Å². The molecule has 0 radical (unpaired) electrons. The zero-order valence-corrected chi connectivity index (χ0v) is 10.8. The summed E-state index contributed by atoms with van der Waals surface area (Å²) in [6.07, 6.45) is 4.07. The third kappa shape index (κ3) is 3.42. The Hall–Kier alpha value is -0.610. The first-order chi connectivity index (χ1) is 8.31. The highest BCUT2D eigenvalue weighted by atomic mass is 16.5. The maximum absolute atomic E-state index is 12.1. The van der Waals surface area contributed by atoms with Gasteiger partial charge < -0.3 is 15.0 Å². The summed E-state index contributed by atoms with van der Waals surface area (Å²) < 4.78 is 5.46. The number of carbonyl (C=O) groups excluding carboxylic acids is 1. The molecule has 2 saturated heterocycles. The normalized spacial score (nSPS) is 26.4. The number of amides is 1. The highest BCUT2D eigenvalue weighted by Crippen LogP contribution is 2.20. The van der Waals surface area contributed by atoms with E-state index in [1.165, 1.54) is 0 Å². The van der Waals surface area contributed by atoms with Gasteiger partial charge in [-0.25, -0.2) is 0 Å². The van der Waals surface area contributed by atoms with E-state index >= 15 is 0 Å². The van der Waals surface area contributed by atoms with E-state index in [1.807, 2.05) is 4.90 Å². The van der Waals surface area contributed by atoms with Crippen molar-refractivity contribution < 1.29 is 9.53 Å². The van der Waals surface area contributed by atoms with E-state index in [-0.39, 0.29) is 12.0 Å². The first-order valence-electron chi connectivity index (χ1n) is 6.92. The Bertz CT molecular complexity index is 244. The van der Waals surface area contributed by atoms with Gasteiger partial charge in [-0.15, -0.1) is 0 Å². The smallest absolute Gasteiger partial charge is 0.251 e. The molecule has 2 fully saturated rings. The summed E-state index contributed by atoms with van der Waals surface area (Å²) in [5.41, 5.74) is 0. The number of nitrogens with one attached hydrogen (secondary N) is 1. The van der Waals surface area contributed by atoms with Crippen LogP contribution in [-0.4, -0.2) is 49.7 Å². The molecule has 2 aliphatic heterocycles. The minimum atomic E-state index is -0.139. The van der Waals surface area contributed by atoms with Gasteiger partial charge in [0.2, 0.25) is 0 Å². The molecule has 1 N–H and O–H groups in total. The molecule has 2 aliphatic rings. The van der Waals surface area contributed by atoms with E-state index in [0.29, 0.717) is 0 Å². The van der Waals surface area contributed by atoms with E-state index in [1.54, 1.807) is 0 Å². The van der Waals surface area contributed by atoms with E-state index in [0.717, 1.165) is 64.4 Å². The van der Waals surface area contributed by atoms with E-state index in [2.05, 4.69) is 12.2 Å². The van der Waals surface area contributed by atoms with Crippen LogP contribution < -0.4 is 5.32 Å². The Morgan fingerprint density at radius 2 is 2.12 bits per heavy atom. The van der Waals surface area contributed by atoms with Crippen molar-refractivity contribution in [1.29, 1.82) is 0 Å². The van der Waals surface area contributed by atoms with Crippen LogP contribution >= 0.6 is 0 Å². The van der Waals surface area contributed by atoms with E-state index < -0.39 is 0 Å². The van der Waals surface area contributed by atoms with Crippen LogP contribution in [0.3, 0.4) is 0 Å². The number of carbonyl (C=O) groups is 1. The summed E-state index contributed by atoms with van der Waals surface area (Å²) >= 11 is 0. The number of piperidine rings is 1. The van der Waals surface area contributed by atoms with E-state index in [4.69, 9.17) is 4.74 Å². The van der Waals surface area contributed by atoms with Crippen molar-refractivity contribution in [3.63, 3.8) is 0 Å². The molecule has 2 heterocycles. The zero-order valence-electron chi connectivity index (χ0n) is 10.8. The first kappa shape index (κ1) is 12.8. The lowest BCUT2D eigenvalue weighted by molar-refractivity contribution is -0.142. The SMILES string of the molecule is CCNCC1CCN(C(=O)[C@@H]2CCCO2)CC1. The summed E-state index contributed by atoms with van der Waals surface area (Å²) in [5.74, 6) is 0.966. The molecule has 0 saturated carbocycles. The van der Waals surface area contributed by atoms with Gasteiger partial charge in [0.25, 0.3) is 5.91 Å². The first-order valence-corrected chi connectivity index (χ1v) is 6.92. The molecule has 4 heteroatoms. The molecule has 17 heavy (non-hydrogen) atoms. The molecule has 0 unspecified atom stereocenters. The van der Waals surface area contributed by atoms with Gasteiger partial charge in [-0.3, -0.25) is 4.79 Å². The van der Waals surface area contributed by atoms with Crippen LogP contribution in [0.2, 0.25) is 0 Å². The molecule has 0 aromatic carbocycles. The molecule has 0 aromatic heterocycles. The molecule has 0 spiro atoms. The average molecular weight is 240 g/mol. The zero-order chi connectivity index (χ0) is 12.1. The Morgan fingerprint density at radius 3 is 2.71 bits per heavy atom. The number of nitrogens with zero attached hydrogens (tertiary/aromatic N) is 1. The number of rotatable bonds is 4. The van der Waals surface area contributed by atoms with Gasteiger partial charge in [-0.1, -0.05) is 6.92 Å². The number of hydrogen-bond acceptors (Lipinski definition) is 3. The summed E-state index contributed by atoms with van der Waals surface area (Å²) in [5, 5.41) is 3.39. The van der Waals surface area contributed by atoms with Crippen LogP contribution in [-0.2, 0) is 9.53 Å². The topological polar surface area (TPSA) is 41.6 Å². The molecule has 0 aliphatic carbocycles. The van der Waals surface area contributed by atoms with Crippen LogP contribution in [0.15, 0.2) is 0 Å². The molecule has 0 bridgehead atoms. The van der Waals surface area contributed by atoms with Gasteiger partial charge in [0.15, 0.2) is 0 Å². The Labute approximate surface area is 104 Å². The molecular formula is C13H24N2O2. The van der Waals surface area contributed by atoms with Crippen LogP contribution in [0, 0.1) is 5.92 Å². The van der Waals surface area contributed by atoms with Crippen LogP contribution in [0.4, 0.5) is 0 Å². The quantitative estimate of drug-likeness (QED) is 0.797. The number of likely N-dealkylation sites (tertiary alicyclic amines) is 1. The minimum Gasteiger partial charge on any atom is -0.368 e. The van der Waals surface area contributed by atoms with Crippen LogP contribution in [0.1, 0.15) is 32.6 Å². The summed E-state index contributed by atoms with van der Waals surface area (Å²) in [6, 6.07) is 0. The summed E-state index contributed by atoms with van der Waals surface area (Å²) in [6.45, 7) is 6.85. The standard InChI is InChI=1S/C13H24N2O2/c1-2-14-10-11-5-7-15(8-6-11)13(16)12-4-3-9-17-12/h11-12,14H,2-10H2,1H3/t12-/m0/s1. The summed E-state index contributed by atoms with van der Waals surface area (Å²) in [4.78, 5) is 14.1.